The number of benzene rings is 2. The summed E-state index contributed by atoms with van der Waals surface area (Å²) in [5.74, 6) is -0.994. The van der Waals surface area contributed by atoms with Gasteiger partial charge in [-0.1, -0.05) is 30.7 Å². The molecule has 1 heterocycles. The number of nitrogens with one attached hydrogen (secondary N) is 1. The molecule has 8 nitrogen and oxygen atoms in total. The summed E-state index contributed by atoms with van der Waals surface area (Å²) in [7, 11) is -7.30. The molecule has 1 unspecified atom stereocenters. The molecule has 2 N–H and O–H groups in total. The van der Waals surface area contributed by atoms with Gasteiger partial charge < -0.3 is 5.11 Å². The van der Waals surface area contributed by atoms with Crippen molar-refractivity contribution < 1.29 is 26.7 Å². The molecular formula is C21H24N2O6S2. The van der Waals surface area contributed by atoms with Crippen LogP contribution < -0.4 is 4.72 Å². The Labute approximate surface area is 182 Å². The number of hydrogen-bond acceptors (Lipinski definition) is 5. The van der Waals surface area contributed by atoms with Gasteiger partial charge in [0.25, 0.3) is 0 Å². The first-order valence-electron chi connectivity index (χ1n) is 10.0. The smallest absolute Gasteiger partial charge is 0.322 e. The lowest BCUT2D eigenvalue weighted by atomic mass is 10.0. The third-order valence-corrected chi connectivity index (χ3v) is 8.57. The summed E-state index contributed by atoms with van der Waals surface area (Å²) < 4.78 is 52.9. The van der Waals surface area contributed by atoms with Gasteiger partial charge in [-0.05, 0) is 60.6 Å². The lowest BCUT2D eigenvalue weighted by Gasteiger charge is -2.26. The maximum absolute atomic E-state index is 13.3. The highest BCUT2D eigenvalue weighted by Crippen LogP contribution is 2.44. The quantitative estimate of drug-likeness (QED) is 0.678. The molecule has 0 bridgehead atoms. The topological polar surface area (TPSA) is 121 Å². The second-order valence-corrected chi connectivity index (χ2v) is 11.8. The van der Waals surface area contributed by atoms with E-state index in [0.29, 0.717) is 18.5 Å². The van der Waals surface area contributed by atoms with E-state index in [9.17, 15) is 26.7 Å². The molecule has 0 amide bonds. The van der Waals surface area contributed by atoms with Crippen LogP contribution in [0.4, 0.5) is 5.69 Å². The lowest BCUT2D eigenvalue weighted by molar-refractivity contribution is -0.141. The third kappa shape index (κ3) is 4.32. The van der Waals surface area contributed by atoms with Crippen molar-refractivity contribution in [3.8, 4) is 11.1 Å². The average molecular weight is 465 g/mol. The van der Waals surface area contributed by atoms with Gasteiger partial charge in [-0.3, -0.25) is 9.52 Å². The lowest BCUT2D eigenvalue weighted by Crippen LogP contribution is -2.44. The van der Waals surface area contributed by atoms with E-state index in [-0.39, 0.29) is 16.9 Å². The summed E-state index contributed by atoms with van der Waals surface area (Å²) in [6.07, 6.45) is 3.91. The summed E-state index contributed by atoms with van der Waals surface area (Å²) in [6, 6.07) is 11.8. The van der Waals surface area contributed by atoms with Crippen molar-refractivity contribution in [2.75, 3.05) is 11.0 Å². The molecule has 1 aliphatic carbocycles. The highest BCUT2D eigenvalue weighted by atomic mass is 32.2. The maximum Gasteiger partial charge on any atom is 0.322 e. The van der Waals surface area contributed by atoms with Gasteiger partial charge in [0.1, 0.15) is 6.04 Å². The minimum absolute atomic E-state index is 0.0745. The van der Waals surface area contributed by atoms with E-state index in [0.717, 1.165) is 30.2 Å². The number of aliphatic carboxylic acids is 1. The van der Waals surface area contributed by atoms with Gasteiger partial charge in [0.15, 0.2) is 0 Å². The fraction of sp³-hybridized carbons (Fsp3) is 0.381. The first kappa shape index (κ1) is 21.8. The van der Waals surface area contributed by atoms with Gasteiger partial charge in [0.2, 0.25) is 20.0 Å². The average Bonchev–Trinajstić information content (AvgIpc) is 3.28. The van der Waals surface area contributed by atoms with Gasteiger partial charge in [-0.2, -0.15) is 4.31 Å². The highest BCUT2D eigenvalue weighted by Gasteiger charge is 2.52. The van der Waals surface area contributed by atoms with Crippen molar-refractivity contribution in [1.29, 1.82) is 0 Å². The van der Waals surface area contributed by atoms with E-state index in [1.165, 1.54) is 16.4 Å². The van der Waals surface area contributed by atoms with Crippen molar-refractivity contribution in [2.24, 2.45) is 5.92 Å². The zero-order valence-electron chi connectivity index (χ0n) is 16.9. The second kappa shape index (κ2) is 7.92. The molecule has 10 heteroatoms. The van der Waals surface area contributed by atoms with E-state index in [2.05, 4.69) is 4.72 Å². The van der Waals surface area contributed by atoms with E-state index in [1.807, 2.05) is 0 Å². The van der Waals surface area contributed by atoms with Crippen molar-refractivity contribution >= 4 is 31.7 Å². The predicted molar refractivity (Wildman–Crippen MR) is 117 cm³/mol. The van der Waals surface area contributed by atoms with Gasteiger partial charge in [-0.15, -0.1) is 0 Å². The number of carboxylic acid groups (broad SMARTS) is 1. The van der Waals surface area contributed by atoms with Crippen LogP contribution in [0, 0.1) is 5.92 Å². The standard InChI is InChI=1S/C21H24N2O6S2/c1-30(26,27)22-17-9-5-14(6-10-17)15-7-11-18(12-8-15)31(28,29)23-19-4-2-3-16(19)13-20(23)21(24)25/h5-12,16,19-20,22H,2-4,13H2,1H3,(H,24,25)/t16-,19-,20?/m1/s1. The fourth-order valence-electron chi connectivity index (χ4n) is 4.69. The minimum atomic E-state index is -3.94. The number of fused-ring (bicyclic) bond motifs is 1. The molecule has 2 fully saturated rings. The Balaban J connectivity index is 1.59. The number of rotatable bonds is 6. The molecule has 0 aromatic heterocycles. The van der Waals surface area contributed by atoms with Crippen LogP contribution in [0.25, 0.3) is 11.1 Å². The van der Waals surface area contributed by atoms with Crippen LogP contribution in [-0.4, -0.2) is 50.6 Å². The van der Waals surface area contributed by atoms with Crippen LogP contribution in [0.5, 0.6) is 0 Å². The van der Waals surface area contributed by atoms with Crippen LogP contribution in [0.2, 0.25) is 0 Å². The van der Waals surface area contributed by atoms with Crippen LogP contribution in [0.1, 0.15) is 25.7 Å². The van der Waals surface area contributed by atoms with E-state index >= 15 is 0 Å². The van der Waals surface area contributed by atoms with Gasteiger partial charge >= 0.3 is 5.97 Å². The monoisotopic (exact) mass is 464 g/mol. The Bertz CT molecular complexity index is 1190. The molecule has 3 atom stereocenters. The van der Waals surface area contributed by atoms with Crippen LogP contribution in [0.15, 0.2) is 53.4 Å². The molecule has 4 rings (SSSR count). The minimum Gasteiger partial charge on any atom is -0.480 e. The summed E-state index contributed by atoms with van der Waals surface area (Å²) in [6.45, 7) is 0. The number of carbonyl (C=O) groups is 1. The Hall–Kier alpha value is -2.43. The van der Waals surface area contributed by atoms with E-state index in [4.69, 9.17) is 0 Å². The molecule has 1 saturated carbocycles. The first-order valence-corrected chi connectivity index (χ1v) is 13.3. The number of nitrogens with zero attached hydrogens (tertiary/aromatic N) is 1. The Morgan fingerprint density at radius 2 is 1.55 bits per heavy atom. The molecule has 0 spiro atoms. The normalized spacial score (nSPS) is 24.1. The van der Waals surface area contributed by atoms with Gasteiger partial charge in [0.05, 0.1) is 11.2 Å². The van der Waals surface area contributed by atoms with Crippen molar-refractivity contribution in [2.45, 2.75) is 42.7 Å². The molecule has 31 heavy (non-hydrogen) atoms. The number of hydrogen-bond donors (Lipinski definition) is 2. The zero-order valence-corrected chi connectivity index (χ0v) is 18.6. The summed E-state index contributed by atoms with van der Waals surface area (Å²) in [4.78, 5) is 11.8. The number of carboxylic acids is 1. The van der Waals surface area contributed by atoms with Gasteiger partial charge in [-0.25, -0.2) is 16.8 Å². The summed E-state index contributed by atoms with van der Waals surface area (Å²) in [5.41, 5.74) is 1.99. The largest absolute Gasteiger partial charge is 0.480 e. The zero-order chi connectivity index (χ0) is 22.4. The van der Waals surface area contributed by atoms with Gasteiger partial charge in [0, 0.05) is 11.7 Å². The molecular weight excluding hydrogens is 440 g/mol. The first-order chi connectivity index (χ1) is 14.6. The van der Waals surface area contributed by atoms with Crippen LogP contribution in [-0.2, 0) is 24.8 Å². The Morgan fingerprint density at radius 3 is 2.10 bits per heavy atom. The SMILES string of the molecule is CS(=O)(=O)Nc1ccc(-c2ccc(S(=O)(=O)N3C(C(=O)O)C[C@H]4CCC[C@H]43)cc2)cc1. The van der Waals surface area contributed by atoms with Crippen LogP contribution in [0.3, 0.4) is 0 Å². The fourth-order valence-corrected chi connectivity index (χ4v) is 7.12. The predicted octanol–water partition coefficient (Wildman–Crippen LogP) is 2.74. The molecule has 2 aliphatic rings. The van der Waals surface area contributed by atoms with E-state index < -0.39 is 32.1 Å². The second-order valence-electron chi connectivity index (χ2n) is 8.16. The maximum atomic E-state index is 13.3. The van der Waals surface area contributed by atoms with E-state index in [1.54, 1.807) is 36.4 Å². The van der Waals surface area contributed by atoms with Crippen molar-refractivity contribution in [3.63, 3.8) is 0 Å². The number of sulfonamides is 2. The number of anilines is 1. The molecule has 166 valence electrons. The molecule has 2 aromatic rings. The molecule has 2 aromatic carbocycles. The summed E-state index contributed by atoms with van der Waals surface area (Å²) >= 11 is 0. The molecule has 1 saturated heterocycles. The van der Waals surface area contributed by atoms with Crippen molar-refractivity contribution in [3.05, 3.63) is 48.5 Å². The molecule has 1 aliphatic heterocycles. The molecule has 0 radical (unpaired) electrons. The summed E-state index contributed by atoms with van der Waals surface area (Å²) in [5, 5.41) is 9.59. The Morgan fingerprint density at radius 1 is 0.968 bits per heavy atom. The van der Waals surface area contributed by atoms with Crippen molar-refractivity contribution in [1.82, 2.24) is 4.31 Å². The Kier molecular flexibility index (Phi) is 5.57. The highest BCUT2D eigenvalue weighted by molar-refractivity contribution is 7.92. The third-order valence-electron chi connectivity index (χ3n) is 6.02. The van der Waals surface area contributed by atoms with Crippen LogP contribution >= 0.6 is 0 Å².